The Bertz CT molecular complexity index is 531. The molecule has 0 spiro atoms. The molecule has 106 valence electrons. The highest BCUT2D eigenvalue weighted by atomic mass is 16.5. The predicted octanol–water partition coefficient (Wildman–Crippen LogP) is 2.43. The molecule has 0 amide bonds. The molecule has 2 aromatic heterocycles. The van der Waals surface area contributed by atoms with Crippen molar-refractivity contribution in [2.75, 3.05) is 19.0 Å². The summed E-state index contributed by atoms with van der Waals surface area (Å²) in [6.45, 7) is 3.51. The molecule has 0 saturated heterocycles. The average molecular weight is 272 g/mol. The van der Waals surface area contributed by atoms with Crippen LogP contribution >= 0.6 is 0 Å². The van der Waals surface area contributed by atoms with Gasteiger partial charge in [0.1, 0.15) is 11.6 Å². The number of aromatic nitrogens is 3. The fourth-order valence-corrected chi connectivity index (χ4v) is 1.88. The van der Waals surface area contributed by atoms with E-state index in [-0.39, 0.29) is 0 Å². The van der Waals surface area contributed by atoms with Crippen LogP contribution in [0.3, 0.4) is 0 Å². The van der Waals surface area contributed by atoms with Gasteiger partial charge in [0.15, 0.2) is 0 Å². The molecule has 2 aromatic rings. The van der Waals surface area contributed by atoms with Crippen molar-refractivity contribution in [2.24, 2.45) is 0 Å². The maximum absolute atomic E-state index is 5.16. The van der Waals surface area contributed by atoms with Crippen LogP contribution in [-0.2, 0) is 17.8 Å². The third-order valence-corrected chi connectivity index (χ3v) is 2.76. The SMILES string of the molecule is CCCNc1cc(COC)nc(Cc2cccnc2)n1. The average Bonchev–Trinajstić information content (AvgIpc) is 2.46. The molecule has 0 aliphatic carbocycles. The normalized spacial score (nSPS) is 10.5. The number of hydrogen-bond acceptors (Lipinski definition) is 5. The molecule has 0 saturated carbocycles. The van der Waals surface area contributed by atoms with E-state index in [1.54, 1.807) is 13.3 Å². The Morgan fingerprint density at radius 2 is 2.20 bits per heavy atom. The van der Waals surface area contributed by atoms with E-state index in [0.717, 1.165) is 35.9 Å². The summed E-state index contributed by atoms with van der Waals surface area (Å²) in [6.07, 6.45) is 5.33. The van der Waals surface area contributed by atoms with Crippen LogP contribution in [0, 0.1) is 0 Å². The lowest BCUT2D eigenvalue weighted by atomic mass is 10.2. The molecule has 2 heterocycles. The lowest BCUT2D eigenvalue weighted by molar-refractivity contribution is 0.181. The Hall–Kier alpha value is -2.01. The van der Waals surface area contributed by atoms with Crippen LogP contribution in [0.25, 0.3) is 0 Å². The van der Waals surface area contributed by atoms with Crippen LogP contribution in [0.15, 0.2) is 30.6 Å². The summed E-state index contributed by atoms with van der Waals surface area (Å²) >= 11 is 0. The van der Waals surface area contributed by atoms with Crippen molar-refractivity contribution in [3.05, 3.63) is 47.7 Å². The Labute approximate surface area is 119 Å². The Kier molecular flexibility index (Phi) is 5.43. The third-order valence-electron chi connectivity index (χ3n) is 2.76. The molecular formula is C15H20N4O. The van der Waals surface area contributed by atoms with Crippen molar-refractivity contribution in [2.45, 2.75) is 26.4 Å². The molecule has 0 aliphatic heterocycles. The first kappa shape index (κ1) is 14.4. The summed E-state index contributed by atoms with van der Waals surface area (Å²) in [4.78, 5) is 13.2. The summed E-state index contributed by atoms with van der Waals surface area (Å²) in [5, 5.41) is 3.30. The zero-order chi connectivity index (χ0) is 14.2. The number of methoxy groups -OCH3 is 1. The zero-order valence-electron chi connectivity index (χ0n) is 12.0. The van der Waals surface area contributed by atoms with Gasteiger partial charge in [0.05, 0.1) is 12.3 Å². The largest absolute Gasteiger partial charge is 0.378 e. The minimum Gasteiger partial charge on any atom is -0.378 e. The highest BCUT2D eigenvalue weighted by molar-refractivity contribution is 5.36. The molecule has 0 fully saturated rings. The minimum absolute atomic E-state index is 0.489. The van der Waals surface area contributed by atoms with Gasteiger partial charge >= 0.3 is 0 Å². The summed E-state index contributed by atoms with van der Waals surface area (Å²) in [5.74, 6) is 1.64. The Balaban J connectivity index is 2.19. The Morgan fingerprint density at radius 3 is 2.90 bits per heavy atom. The quantitative estimate of drug-likeness (QED) is 0.839. The van der Waals surface area contributed by atoms with Crippen LogP contribution in [-0.4, -0.2) is 28.6 Å². The van der Waals surface area contributed by atoms with Crippen LogP contribution in [0.5, 0.6) is 0 Å². The summed E-state index contributed by atoms with van der Waals surface area (Å²) < 4.78 is 5.16. The van der Waals surface area contributed by atoms with Gasteiger partial charge in [-0.05, 0) is 18.1 Å². The van der Waals surface area contributed by atoms with E-state index in [2.05, 4.69) is 27.2 Å². The third kappa shape index (κ3) is 4.28. The highest BCUT2D eigenvalue weighted by Crippen LogP contribution is 2.11. The van der Waals surface area contributed by atoms with Gasteiger partial charge < -0.3 is 10.1 Å². The van der Waals surface area contributed by atoms with E-state index in [1.165, 1.54) is 0 Å². The second-order valence-electron chi connectivity index (χ2n) is 4.56. The maximum Gasteiger partial charge on any atom is 0.135 e. The number of nitrogens with one attached hydrogen (secondary N) is 1. The highest BCUT2D eigenvalue weighted by Gasteiger charge is 2.06. The molecule has 0 aliphatic rings. The van der Waals surface area contributed by atoms with E-state index in [0.29, 0.717) is 13.0 Å². The standard InChI is InChI=1S/C15H20N4O/c1-3-6-17-14-9-13(11-20-2)18-15(19-14)8-12-5-4-7-16-10-12/h4-5,7,9-10H,3,6,8,11H2,1-2H3,(H,17,18,19). The van der Waals surface area contributed by atoms with Gasteiger partial charge in [-0.25, -0.2) is 9.97 Å². The summed E-state index contributed by atoms with van der Waals surface area (Å²) in [7, 11) is 1.67. The number of ether oxygens (including phenoxy) is 1. The van der Waals surface area contributed by atoms with Crippen molar-refractivity contribution >= 4 is 5.82 Å². The van der Waals surface area contributed by atoms with Crippen molar-refractivity contribution in [1.82, 2.24) is 15.0 Å². The Morgan fingerprint density at radius 1 is 1.30 bits per heavy atom. The maximum atomic E-state index is 5.16. The molecule has 0 radical (unpaired) electrons. The van der Waals surface area contributed by atoms with Gasteiger partial charge in [0.25, 0.3) is 0 Å². The van der Waals surface area contributed by atoms with Gasteiger partial charge in [-0.3, -0.25) is 4.98 Å². The van der Waals surface area contributed by atoms with E-state index < -0.39 is 0 Å². The summed E-state index contributed by atoms with van der Waals surface area (Å²) in [5.41, 5.74) is 1.99. The van der Waals surface area contributed by atoms with Crippen LogP contribution in [0.1, 0.15) is 30.4 Å². The monoisotopic (exact) mass is 272 g/mol. The van der Waals surface area contributed by atoms with Crippen molar-refractivity contribution < 1.29 is 4.74 Å². The molecule has 2 rings (SSSR count). The lowest BCUT2D eigenvalue weighted by Gasteiger charge is -2.09. The second-order valence-corrected chi connectivity index (χ2v) is 4.56. The number of pyridine rings is 1. The molecule has 5 nitrogen and oxygen atoms in total. The fourth-order valence-electron chi connectivity index (χ4n) is 1.88. The fraction of sp³-hybridized carbons (Fsp3) is 0.400. The minimum atomic E-state index is 0.489. The van der Waals surface area contributed by atoms with Gasteiger partial charge in [-0.1, -0.05) is 13.0 Å². The zero-order valence-corrected chi connectivity index (χ0v) is 12.0. The van der Waals surface area contributed by atoms with Crippen molar-refractivity contribution in [1.29, 1.82) is 0 Å². The number of nitrogens with zero attached hydrogens (tertiary/aromatic N) is 3. The van der Waals surface area contributed by atoms with Crippen LogP contribution < -0.4 is 5.32 Å². The number of hydrogen-bond donors (Lipinski definition) is 1. The van der Waals surface area contributed by atoms with Crippen molar-refractivity contribution in [3.63, 3.8) is 0 Å². The van der Waals surface area contributed by atoms with Crippen molar-refractivity contribution in [3.8, 4) is 0 Å². The molecule has 0 unspecified atom stereocenters. The van der Waals surface area contributed by atoms with E-state index in [1.807, 2.05) is 24.4 Å². The molecule has 5 heteroatoms. The van der Waals surface area contributed by atoms with Gasteiger partial charge in [-0.2, -0.15) is 0 Å². The molecule has 0 aromatic carbocycles. The first-order valence-corrected chi connectivity index (χ1v) is 6.80. The topological polar surface area (TPSA) is 59.9 Å². The van der Waals surface area contributed by atoms with Gasteiger partial charge in [0.2, 0.25) is 0 Å². The smallest absolute Gasteiger partial charge is 0.135 e. The lowest BCUT2D eigenvalue weighted by Crippen LogP contribution is -2.08. The van der Waals surface area contributed by atoms with Gasteiger partial charge in [0, 0.05) is 38.5 Å². The number of rotatable bonds is 7. The molecule has 20 heavy (non-hydrogen) atoms. The van der Waals surface area contributed by atoms with Gasteiger partial charge in [-0.15, -0.1) is 0 Å². The van der Waals surface area contributed by atoms with Crippen LogP contribution in [0.2, 0.25) is 0 Å². The first-order chi connectivity index (χ1) is 9.81. The molecule has 1 N–H and O–H groups in total. The second kappa shape index (κ2) is 7.55. The first-order valence-electron chi connectivity index (χ1n) is 6.80. The van der Waals surface area contributed by atoms with E-state index in [4.69, 9.17) is 4.74 Å². The van der Waals surface area contributed by atoms with E-state index in [9.17, 15) is 0 Å². The predicted molar refractivity (Wildman–Crippen MR) is 78.6 cm³/mol. The van der Waals surface area contributed by atoms with Crippen LogP contribution in [0.4, 0.5) is 5.82 Å². The van der Waals surface area contributed by atoms with E-state index >= 15 is 0 Å². The molecule has 0 bridgehead atoms. The molecule has 0 atom stereocenters. The summed E-state index contributed by atoms with van der Waals surface area (Å²) in [6, 6.07) is 5.88. The molecular weight excluding hydrogens is 252 g/mol. The number of anilines is 1.